The normalized spacial score (nSPS) is 13.4. The standard InChI is InChI=1S/C20H17N3O4S/c1-11-17(18(21)27-22-11)20(25)26-12(2)19(24)23-13-7-3-5-9-15(13)28-16-10-6-4-8-14(16)23/h3-10,12H,21H2,1-2H3. The van der Waals surface area contributed by atoms with Gasteiger partial charge >= 0.3 is 5.97 Å². The van der Waals surface area contributed by atoms with E-state index in [1.807, 2.05) is 48.5 Å². The molecule has 0 radical (unpaired) electrons. The van der Waals surface area contributed by atoms with Crippen LogP contribution in [0.2, 0.25) is 0 Å². The van der Waals surface area contributed by atoms with Gasteiger partial charge in [0, 0.05) is 9.79 Å². The molecule has 1 aromatic heterocycles. The molecule has 0 aliphatic carbocycles. The number of para-hydroxylation sites is 2. The first-order chi connectivity index (χ1) is 13.5. The van der Waals surface area contributed by atoms with E-state index < -0.39 is 12.1 Å². The minimum Gasteiger partial charge on any atom is -0.449 e. The summed E-state index contributed by atoms with van der Waals surface area (Å²) in [5.41, 5.74) is 7.48. The Labute approximate surface area is 165 Å². The molecule has 4 rings (SSSR count). The number of nitrogens with two attached hydrogens (primary N) is 1. The van der Waals surface area contributed by atoms with Gasteiger partial charge in [0.15, 0.2) is 6.10 Å². The summed E-state index contributed by atoms with van der Waals surface area (Å²) in [5, 5.41) is 3.64. The highest BCUT2D eigenvalue weighted by molar-refractivity contribution is 7.99. The van der Waals surface area contributed by atoms with E-state index in [1.165, 1.54) is 6.92 Å². The number of fused-ring (bicyclic) bond motifs is 2. The Balaban J connectivity index is 1.65. The molecule has 8 heteroatoms. The molecular weight excluding hydrogens is 378 g/mol. The zero-order valence-corrected chi connectivity index (χ0v) is 16.0. The predicted molar refractivity (Wildman–Crippen MR) is 105 cm³/mol. The topological polar surface area (TPSA) is 98.7 Å². The molecule has 0 fully saturated rings. The predicted octanol–water partition coefficient (Wildman–Crippen LogP) is 3.94. The molecule has 1 aliphatic heterocycles. The van der Waals surface area contributed by atoms with Crippen LogP contribution in [-0.2, 0) is 9.53 Å². The highest BCUT2D eigenvalue weighted by Gasteiger charge is 2.33. The Morgan fingerprint density at radius 1 is 1.11 bits per heavy atom. The van der Waals surface area contributed by atoms with Gasteiger partial charge in [0.05, 0.1) is 17.1 Å². The second-order valence-corrected chi connectivity index (χ2v) is 7.35. The number of ether oxygens (including phenoxy) is 1. The van der Waals surface area contributed by atoms with Crippen LogP contribution in [0.25, 0.3) is 0 Å². The van der Waals surface area contributed by atoms with Gasteiger partial charge in [0.2, 0.25) is 5.88 Å². The van der Waals surface area contributed by atoms with Gasteiger partial charge in [0.1, 0.15) is 5.56 Å². The van der Waals surface area contributed by atoms with E-state index in [9.17, 15) is 9.59 Å². The maximum absolute atomic E-state index is 13.3. The summed E-state index contributed by atoms with van der Waals surface area (Å²) in [6, 6.07) is 15.2. The molecule has 0 saturated carbocycles. The molecule has 1 aliphatic rings. The first-order valence-corrected chi connectivity index (χ1v) is 9.41. The van der Waals surface area contributed by atoms with Crippen LogP contribution in [0.1, 0.15) is 23.0 Å². The van der Waals surface area contributed by atoms with E-state index in [4.69, 9.17) is 15.0 Å². The van der Waals surface area contributed by atoms with Gasteiger partial charge in [0.25, 0.3) is 5.91 Å². The average molecular weight is 395 g/mol. The minimum absolute atomic E-state index is 0.0367. The van der Waals surface area contributed by atoms with Crippen LogP contribution in [0.5, 0.6) is 0 Å². The largest absolute Gasteiger partial charge is 0.449 e. The van der Waals surface area contributed by atoms with Crippen LogP contribution in [-0.4, -0.2) is 23.1 Å². The number of anilines is 3. The van der Waals surface area contributed by atoms with Crippen molar-refractivity contribution in [3.8, 4) is 0 Å². The number of hydrogen-bond donors (Lipinski definition) is 1. The lowest BCUT2D eigenvalue weighted by molar-refractivity contribution is -0.125. The number of rotatable bonds is 3. The summed E-state index contributed by atoms with van der Waals surface area (Å²) >= 11 is 1.59. The molecule has 3 aromatic rings. The maximum atomic E-state index is 13.3. The van der Waals surface area contributed by atoms with Crippen molar-refractivity contribution in [1.29, 1.82) is 0 Å². The lowest BCUT2D eigenvalue weighted by atomic mass is 10.2. The summed E-state index contributed by atoms with van der Waals surface area (Å²) < 4.78 is 10.2. The van der Waals surface area contributed by atoms with Crippen LogP contribution in [0.3, 0.4) is 0 Å². The second kappa shape index (κ2) is 7.05. The Kier molecular flexibility index (Phi) is 4.56. The second-order valence-electron chi connectivity index (χ2n) is 6.27. The van der Waals surface area contributed by atoms with Crippen molar-refractivity contribution in [2.75, 3.05) is 10.6 Å². The smallest absolute Gasteiger partial charge is 0.346 e. The minimum atomic E-state index is -1.04. The number of hydrogen-bond acceptors (Lipinski definition) is 7. The first-order valence-electron chi connectivity index (χ1n) is 8.60. The maximum Gasteiger partial charge on any atom is 0.346 e. The van der Waals surface area contributed by atoms with Crippen molar-refractivity contribution in [2.24, 2.45) is 0 Å². The molecule has 7 nitrogen and oxygen atoms in total. The van der Waals surface area contributed by atoms with Gasteiger partial charge in [-0.05, 0) is 38.1 Å². The lowest BCUT2D eigenvalue weighted by Gasteiger charge is -2.32. The molecule has 0 spiro atoms. The van der Waals surface area contributed by atoms with Crippen LogP contribution in [0.4, 0.5) is 17.3 Å². The summed E-state index contributed by atoms with van der Waals surface area (Å²) in [7, 11) is 0. The van der Waals surface area contributed by atoms with E-state index >= 15 is 0 Å². The van der Waals surface area contributed by atoms with Gasteiger partial charge in [-0.2, -0.15) is 0 Å². The molecular formula is C20H17N3O4S. The lowest BCUT2D eigenvalue weighted by Crippen LogP contribution is -2.38. The number of carbonyl (C=O) groups is 2. The van der Waals surface area contributed by atoms with E-state index in [0.717, 1.165) is 21.2 Å². The number of amides is 1. The Bertz CT molecular complexity index is 1010. The highest BCUT2D eigenvalue weighted by Crippen LogP contribution is 2.48. The van der Waals surface area contributed by atoms with E-state index in [1.54, 1.807) is 23.6 Å². The van der Waals surface area contributed by atoms with Gasteiger partial charge in [-0.25, -0.2) is 4.79 Å². The van der Waals surface area contributed by atoms with Crippen LogP contribution in [0, 0.1) is 6.92 Å². The van der Waals surface area contributed by atoms with Gasteiger partial charge in [-0.15, -0.1) is 0 Å². The fourth-order valence-electron chi connectivity index (χ4n) is 3.03. The van der Waals surface area contributed by atoms with Crippen LogP contribution in [0.15, 0.2) is 62.8 Å². The van der Waals surface area contributed by atoms with Crippen LogP contribution < -0.4 is 10.6 Å². The van der Waals surface area contributed by atoms with Crippen molar-refractivity contribution >= 4 is 40.9 Å². The first kappa shape index (κ1) is 18.1. The van der Waals surface area contributed by atoms with Crippen molar-refractivity contribution in [3.63, 3.8) is 0 Å². The van der Waals surface area contributed by atoms with Gasteiger partial charge in [-0.3, -0.25) is 9.69 Å². The van der Waals surface area contributed by atoms with Crippen molar-refractivity contribution in [2.45, 2.75) is 29.7 Å². The van der Waals surface area contributed by atoms with Crippen molar-refractivity contribution < 1.29 is 18.8 Å². The summed E-state index contributed by atoms with van der Waals surface area (Å²) in [6.07, 6.45) is -1.04. The molecule has 1 atom stereocenters. The molecule has 2 heterocycles. The SMILES string of the molecule is Cc1noc(N)c1C(=O)OC(C)C(=O)N1c2ccccc2Sc2ccccc21. The zero-order chi connectivity index (χ0) is 19.8. The fourth-order valence-corrected chi connectivity index (χ4v) is 4.09. The Hall–Kier alpha value is -3.26. The number of benzene rings is 2. The number of esters is 1. The third-order valence-corrected chi connectivity index (χ3v) is 5.51. The zero-order valence-electron chi connectivity index (χ0n) is 15.2. The number of nitrogen functional groups attached to an aromatic ring is 1. The van der Waals surface area contributed by atoms with E-state index in [-0.39, 0.29) is 17.4 Å². The molecule has 1 amide bonds. The van der Waals surface area contributed by atoms with Crippen molar-refractivity contribution in [3.05, 3.63) is 59.8 Å². The molecule has 0 bridgehead atoms. The summed E-state index contributed by atoms with van der Waals surface area (Å²) in [4.78, 5) is 29.2. The van der Waals surface area contributed by atoms with Gasteiger partial charge < -0.3 is 15.0 Å². The number of aryl methyl sites for hydroxylation is 1. The third kappa shape index (κ3) is 3.01. The molecule has 1 unspecified atom stereocenters. The van der Waals surface area contributed by atoms with Crippen LogP contribution >= 0.6 is 11.8 Å². The van der Waals surface area contributed by atoms with E-state index in [0.29, 0.717) is 5.69 Å². The quantitative estimate of drug-likeness (QED) is 0.671. The Morgan fingerprint density at radius 3 is 2.21 bits per heavy atom. The van der Waals surface area contributed by atoms with E-state index in [2.05, 4.69) is 5.16 Å². The number of carbonyl (C=O) groups excluding carboxylic acids is 2. The summed E-state index contributed by atoms with van der Waals surface area (Å²) in [5.74, 6) is -1.24. The molecule has 2 N–H and O–H groups in total. The number of aromatic nitrogens is 1. The average Bonchev–Trinajstić information content (AvgIpc) is 3.03. The fraction of sp³-hybridized carbons (Fsp3) is 0.150. The summed E-state index contributed by atoms with van der Waals surface area (Å²) in [6.45, 7) is 3.11. The molecule has 0 saturated heterocycles. The van der Waals surface area contributed by atoms with Crippen molar-refractivity contribution in [1.82, 2.24) is 5.16 Å². The monoisotopic (exact) mass is 395 g/mol. The molecule has 28 heavy (non-hydrogen) atoms. The molecule has 142 valence electrons. The highest BCUT2D eigenvalue weighted by atomic mass is 32.2. The third-order valence-electron chi connectivity index (χ3n) is 4.38. The van der Waals surface area contributed by atoms with Gasteiger partial charge in [-0.1, -0.05) is 41.2 Å². The molecule has 2 aromatic carbocycles. The Morgan fingerprint density at radius 2 is 1.68 bits per heavy atom. The number of nitrogens with zero attached hydrogens (tertiary/aromatic N) is 2.